The molecule has 0 aliphatic carbocycles. The van der Waals surface area contributed by atoms with Gasteiger partial charge in [0.05, 0.1) is 13.2 Å². The fourth-order valence-corrected chi connectivity index (χ4v) is 3.21. The maximum absolute atomic E-state index is 11.6. The van der Waals surface area contributed by atoms with E-state index in [-0.39, 0.29) is 11.9 Å². The highest BCUT2D eigenvalue weighted by Crippen LogP contribution is 2.31. The van der Waals surface area contributed by atoms with Crippen LogP contribution in [0.3, 0.4) is 0 Å². The largest absolute Gasteiger partial charge is 0.497 e. The van der Waals surface area contributed by atoms with E-state index >= 15 is 0 Å². The highest BCUT2D eigenvalue weighted by atomic mass is 16.5. The molecular weight excluding hydrogens is 292 g/mol. The van der Waals surface area contributed by atoms with Crippen molar-refractivity contribution in [3.05, 3.63) is 29.5 Å². The highest BCUT2D eigenvalue weighted by molar-refractivity contribution is 5.83. The lowest BCUT2D eigenvalue weighted by atomic mass is 10.1. The number of hydrogen-bond donors (Lipinski definition) is 1. The zero-order chi connectivity index (χ0) is 16.4. The van der Waals surface area contributed by atoms with Crippen LogP contribution >= 0.6 is 0 Å². The van der Waals surface area contributed by atoms with Gasteiger partial charge in [0.2, 0.25) is 5.91 Å². The fraction of sp³-hybridized carbons (Fsp3) is 0.500. The minimum atomic E-state index is 0.103. The summed E-state index contributed by atoms with van der Waals surface area (Å²) in [6.07, 6.45) is 1.68. The van der Waals surface area contributed by atoms with Crippen molar-refractivity contribution in [1.82, 2.24) is 10.2 Å². The average molecular weight is 316 g/mol. The molecule has 0 bridgehead atoms. The van der Waals surface area contributed by atoms with E-state index in [1.807, 2.05) is 23.1 Å². The van der Waals surface area contributed by atoms with E-state index in [1.165, 1.54) is 0 Å². The predicted octanol–water partition coefficient (Wildman–Crippen LogP) is 3.02. The molecule has 0 spiro atoms. The zero-order valence-corrected chi connectivity index (χ0v) is 14.0. The third kappa shape index (κ3) is 3.20. The third-order valence-corrected chi connectivity index (χ3v) is 4.58. The predicted molar refractivity (Wildman–Crippen MR) is 89.7 cm³/mol. The molecule has 23 heavy (non-hydrogen) atoms. The van der Waals surface area contributed by atoms with Crippen molar-refractivity contribution in [1.29, 1.82) is 0 Å². The summed E-state index contributed by atoms with van der Waals surface area (Å²) in [5.41, 5.74) is 2.01. The summed E-state index contributed by atoms with van der Waals surface area (Å²) in [6.45, 7) is 6.58. The van der Waals surface area contributed by atoms with Gasteiger partial charge in [-0.1, -0.05) is 0 Å². The van der Waals surface area contributed by atoms with E-state index in [0.717, 1.165) is 54.1 Å². The number of carbonyl (C=O) groups excluding carboxylic acids is 1. The van der Waals surface area contributed by atoms with Gasteiger partial charge in [-0.05, 0) is 38.5 Å². The van der Waals surface area contributed by atoms with Crippen LogP contribution in [0.25, 0.3) is 11.0 Å². The van der Waals surface area contributed by atoms with Crippen LogP contribution in [0.15, 0.2) is 22.6 Å². The minimum Gasteiger partial charge on any atom is -0.497 e. The Bertz CT molecular complexity index is 708. The molecule has 5 heteroatoms. The first kappa shape index (κ1) is 15.9. The molecule has 1 amide bonds. The molecule has 1 atom stereocenters. The monoisotopic (exact) mass is 316 g/mol. The standard InChI is InChI=1S/C18H24N2O3/c1-12-15-11-14(22-3)6-7-16(15)23-18(12)13(2)19-8-10-20-9-4-5-17(20)21/h6-7,11,13,19H,4-5,8-10H2,1-3H3. The smallest absolute Gasteiger partial charge is 0.222 e. The first-order valence-corrected chi connectivity index (χ1v) is 8.18. The molecule has 0 radical (unpaired) electrons. The number of likely N-dealkylation sites (tertiary alicyclic amines) is 1. The lowest BCUT2D eigenvalue weighted by Crippen LogP contribution is -2.33. The Morgan fingerprint density at radius 1 is 1.43 bits per heavy atom. The van der Waals surface area contributed by atoms with Crippen molar-refractivity contribution < 1.29 is 13.9 Å². The Morgan fingerprint density at radius 3 is 2.96 bits per heavy atom. The van der Waals surface area contributed by atoms with Crippen LogP contribution in [0.2, 0.25) is 0 Å². The summed E-state index contributed by atoms with van der Waals surface area (Å²) < 4.78 is 11.3. The van der Waals surface area contributed by atoms with Gasteiger partial charge >= 0.3 is 0 Å². The zero-order valence-electron chi connectivity index (χ0n) is 14.0. The van der Waals surface area contributed by atoms with Gasteiger partial charge in [-0.3, -0.25) is 4.79 Å². The van der Waals surface area contributed by atoms with Gasteiger partial charge in [-0.25, -0.2) is 0 Å². The molecule has 3 rings (SSSR count). The molecule has 1 aliphatic rings. The van der Waals surface area contributed by atoms with Crippen molar-refractivity contribution in [2.45, 2.75) is 32.7 Å². The first-order chi connectivity index (χ1) is 11.1. The van der Waals surface area contributed by atoms with Crippen LogP contribution in [0.5, 0.6) is 5.75 Å². The quantitative estimate of drug-likeness (QED) is 0.890. The molecule has 1 unspecified atom stereocenters. The molecule has 1 aliphatic heterocycles. The van der Waals surface area contributed by atoms with Crippen LogP contribution in [0.4, 0.5) is 0 Å². The summed E-state index contributed by atoms with van der Waals surface area (Å²) in [5.74, 6) is 2.05. The molecule has 0 saturated carbocycles. The van der Waals surface area contributed by atoms with E-state index in [0.29, 0.717) is 6.42 Å². The van der Waals surface area contributed by atoms with Crippen molar-refractivity contribution in [3.8, 4) is 5.75 Å². The van der Waals surface area contributed by atoms with E-state index < -0.39 is 0 Å². The Balaban J connectivity index is 1.67. The number of hydrogen-bond acceptors (Lipinski definition) is 4. The van der Waals surface area contributed by atoms with E-state index in [4.69, 9.17) is 9.15 Å². The van der Waals surface area contributed by atoms with Crippen molar-refractivity contribution >= 4 is 16.9 Å². The van der Waals surface area contributed by atoms with Gasteiger partial charge in [-0.15, -0.1) is 0 Å². The molecule has 1 fully saturated rings. The molecule has 1 aromatic heterocycles. The van der Waals surface area contributed by atoms with Gasteiger partial charge in [0.15, 0.2) is 0 Å². The fourth-order valence-electron chi connectivity index (χ4n) is 3.21. The lowest BCUT2D eigenvalue weighted by molar-refractivity contribution is -0.127. The molecule has 1 aromatic carbocycles. The first-order valence-electron chi connectivity index (χ1n) is 8.18. The van der Waals surface area contributed by atoms with Crippen LogP contribution in [-0.4, -0.2) is 37.6 Å². The number of rotatable bonds is 6. The summed E-state index contributed by atoms with van der Waals surface area (Å²) in [6, 6.07) is 5.96. The molecule has 1 N–H and O–H groups in total. The molecular formula is C18H24N2O3. The number of aryl methyl sites for hydroxylation is 1. The second-order valence-electron chi connectivity index (χ2n) is 6.11. The van der Waals surface area contributed by atoms with Crippen molar-refractivity contribution in [2.24, 2.45) is 0 Å². The Labute approximate surface area is 136 Å². The Hall–Kier alpha value is -2.01. The second kappa shape index (κ2) is 6.62. The SMILES string of the molecule is COc1ccc2oc(C(C)NCCN3CCCC3=O)c(C)c2c1. The van der Waals surface area contributed by atoms with Gasteiger partial charge in [-0.2, -0.15) is 0 Å². The molecule has 2 aromatic rings. The van der Waals surface area contributed by atoms with Crippen LogP contribution in [0.1, 0.15) is 37.1 Å². The molecule has 1 saturated heterocycles. The number of benzene rings is 1. The summed E-state index contributed by atoms with van der Waals surface area (Å²) in [5, 5.41) is 4.54. The van der Waals surface area contributed by atoms with Gasteiger partial charge < -0.3 is 19.4 Å². The maximum Gasteiger partial charge on any atom is 0.222 e. The van der Waals surface area contributed by atoms with E-state index in [2.05, 4.69) is 19.2 Å². The van der Waals surface area contributed by atoms with Gasteiger partial charge in [0, 0.05) is 37.0 Å². The van der Waals surface area contributed by atoms with Gasteiger partial charge in [0.1, 0.15) is 17.1 Å². The average Bonchev–Trinajstić information content (AvgIpc) is 3.11. The summed E-state index contributed by atoms with van der Waals surface area (Å²) >= 11 is 0. The maximum atomic E-state index is 11.6. The highest BCUT2D eigenvalue weighted by Gasteiger charge is 2.21. The second-order valence-corrected chi connectivity index (χ2v) is 6.11. The summed E-state index contributed by atoms with van der Waals surface area (Å²) in [4.78, 5) is 13.5. The number of nitrogens with zero attached hydrogens (tertiary/aromatic N) is 1. The van der Waals surface area contributed by atoms with Crippen LogP contribution in [-0.2, 0) is 4.79 Å². The molecule has 2 heterocycles. The molecule has 5 nitrogen and oxygen atoms in total. The normalized spacial score (nSPS) is 16.3. The number of furan rings is 1. The number of fused-ring (bicyclic) bond motifs is 1. The van der Waals surface area contributed by atoms with Crippen LogP contribution < -0.4 is 10.1 Å². The van der Waals surface area contributed by atoms with Crippen molar-refractivity contribution in [3.63, 3.8) is 0 Å². The third-order valence-electron chi connectivity index (χ3n) is 4.58. The topological polar surface area (TPSA) is 54.7 Å². The number of ether oxygens (including phenoxy) is 1. The summed E-state index contributed by atoms with van der Waals surface area (Å²) in [7, 11) is 1.67. The number of methoxy groups -OCH3 is 1. The Kier molecular flexibility index (Phi) is 4.57. The Morgan fingerprint density at radius 2 is 2.26 bits per heavy atom. The lowest BCUT2D eigenvalue weighted by Gasteiger charge is -2.18. The van der Waals surface area contributed by atoms with E-state index in [1.54, 1.807) is 7.11 Å². The number of amides is 1. The van der Waals surface area contributed by atoms with Gasteiger partial charge in [0.25, 0.3) is 0 Å². The number of nitrogens with one attached hydrogen (secondary N) is 1. The number of carbonyl (C=O) groups is 1. The van der Waals surface area contributed by atoms with E-state index in [9.17, 15) is 4.79 Å². The molecule has 124 valence electrons. The minimum absolute atomic E-state index is 0.103. The van der Waals surface area contributed by atoms with Crippen LogP contribution in [0, 0.1) is 6.92 Å². The van der Waals surface area contributed by atoms with Crippen molar-refractivity contribution in [2.75, 3.05) is 26.7 Å².